The Kier molecular flexibility index (Phi) is 4.76. The average molecular weight is 297 g/mol. The Morgan fingerprint density at radius 1 is 1.33 bits per heavy atom. The van der Waals surface area contributed by atoms with E-state index in [4.69, 9.17) is 0 Å². The van der Waals surface area contributed by atoms with Crippen LogP contribution in [0.3, 0.4) is 0 Å². The van der Waals surface area contributed by atoms with Crippen LogP contribution in [0.5, 0.6) is 0 Å². The molecule has 0 radical (unpaired) electrons. The number of hydrogen-bond donors (Lipinski definition) is 2. The number of likely N-dealkylation sites (N-methyl/N-ethyl adjacent to an activating group) is 1. The number of nitrogens with one attached hydrogen (secondary N) is 1. The fourth-order valence-corrected chi connectivity index (χ4v) is 3.60. The molecule has 6 heteroatoms. The summed E-state index contributed by atoms with van der Waals surface area (Å²) in [4.78, 5) is 27.9. The van der Waals surface area contributed by atoms with Crippen molar-refractivity contribution in [3.8, 4) is 0 Å². The molecule has 1 aliphatic heterocycles. The Morgan fingerprint density at radius 3 is 2.67 bits per heavy atom. The van der Waals surface area contributed by atoms with Crippen molar-refractivity contribution in [2.45, 2.75) is 51.1 Å². The molecule has 0 bridgehead atoms. The van der Waals surface area contributed by atoms with Crippen LogP contribution in [0.2, 0.25) is 0 Å². The molecule has 0 aromatic rings. The summed E-state index contributed by atoms with van der Waals surface area (Å²) >= 11 is 0. The van der Waals surface area contributed by atoms with Crippen molar-refractivity contribution in [2.24, 2.45) is 5.41 Å². The molecule has 2 N–H and O–H groups in total. The van der Waals surface area contributed by atoms with Gasteiger partial charge < -0.3 is 20.2 Å². The number of aliphatic carboxylic acids is 1. The van der Waals surface area contributed by atoms with Crippen molar-refractivity contribution in [1.82, 2.24) is 15.1 Å². The van der Waals surface area contributed by atoms with Crippen molar-refractivity contribution in [3.63, 3.8) is 0 Å². The number of nitrogens with zero attached hydrogens (tertiary/aromatic N) is 2. The van der Waals surface area contributed by atoms with E-state index in [-0.39, 0.29) is 18.1 Å². The molecule has 2 fully saturated rings. The van der Waals surface area contributed by atoms with Crippen molar-refractivity contribution < 1.29 is 14.7 Å². The molecule has 0 aromatic heterocycles. The molecule has 1 heterocycles. The summed E-state index contributed by atoms with van der Waals surface area (Å²) in [6.45, 7) is 3.36. The zero-order chi connectivity index (χ0) is 15.6. The highest BCUT2D eigenvalue weighted by atomic mass is 16.4. The Bertz CT molecular complexity index is 413. The number of carbonyl (C=O) groups excluding carboxylic acids is 1. The van der Waals surface area contributed by atoms with Crippen LogP contribution in [0.15, 0.2) is 0 Å². The average Bonchev–Trinajstić information content (AvgIpc) is 2.97. The molecule has 0 aromatic carbocycles. The number of likely N-dealkylation sites (tertiary alicyclic amines) is 1. The molecule has 1 saturated carbocycles. The first kappa shape index (κ1) is 16.1. The molecule has 1 aliphatic carbocycles. The minimum Gasteiger partial charge on any atom is -0.481 e. The molecule has 1 saturated heterocycles. The summed E-state index contributed by atoms with van der Waals surface area (Å²) in [6, 6.07) is -0.126. The Balaban J connectivity index is 1.99. The van der Waals surface area contributed by atoms with Crippen LogP contribution in [0, 0.1) is 5.41 Å². The van der Waals surface area contributed by atoms with Gasteiger partial charge in [-0.05, 0) is 46.7 Å². The summed E-state index contributed by atoms with van der Waals surface area (Å²) in [6.07, 6.45) is 4.28. The van der Waals surface area contributed by atoms with Gasteiger partial charge in [0.25, 0.3) is 0 Å². The van der Waals surface area contributed by atoms with Crippen molar-refractivity contribution in [2.75, 3.05) is 27.2 Å². The van der Waals surface area contributed by atoms with Gasteiger partial charge in [0.1, 0.15) is 0 Å². The van der Waals surface area contributed by atoms with Crippen LogP contribution in [0.1, 0.15) is 39.0 Å². The van der Waals surface area contributed by atoms with Gasteiger partial charge in [-0.3, -0.25) is 4.79 Å². The van der Waals surface area contributed by atoms with Gasteiger partial charge in [0.05, 0.1) is 5.41 Å². The maximum Gasteiger partial charge on any atom is 0.317 e. The SMILES string of the molecule is CN(C)CC1CCCN1C(=O)NC1CCCC1(C)C(=O)O. The maximum atomic E-state index is 12.5. The zero-order valence-corrected chi connectivity index (χ0v) is 13.3. The normalized spacial score (nSPS) is 32.7. The molecule has 120 valence electrons. The van der Waals surface area contributed by atoms with Crippen molar-refractivity contribution in [1.29, 1.82) is 0 Å². The second kappa shape index (κ2) is 6.22. The van der Waals surface area contributed by atoms with Crippen LogP contribution in [-0.4, -0.2) is 66.2 Å². The standard InChI is InChI=1S/C15H27N3O3/c1-15(13(19)20)8-4-7-12(15)16-14(21)18-9-5-6-11(18)10-17(2)3/h11-12H,4-10H2,1-3H3,(H,16,21)(H,19,20). The highest BCUT2D eigenvalue weighted by Gasteiger charge is 2.46. The Labute approximate surface area is 126 Å². The predicted octanol–water partition coefficient (Wildman–Crippen LogP) is 1.37. The van der Waals surface area contributed by atoms with Crippen LogP contribution in [0.25, 0.3) is 0 Å². The zero-order valence-electron chi connectivity index (χ0n) is 13.3. The Hall–Kier alpha value is -1.30. The molecule has 3 atom stereocenters. The molecule has 3 unspecified atom stereocenters. The first-order valence-corrected chi connectivity index (χ1v) is 7.80. The summed E-state index contributed by atoms with van der Waals surface area (Å²) in [7, 11) is 4.01. The van der Waals surface area contributed by atoms with E-state index < -0.39 is 11.4 Å². The lowest BCUT2D eigenvalue weighted by atomic mass is 9.85. The largest absolute Gasteiger partial charge is 0.481 e. The lowest BCUT2D eigenvalue weighted by Gasteiger charge is -2.32. The summed E-state index contributed by atoms with van der Waals surface area (Å²) in [5, 5.41) is 12.4. The monoisotopic (exact) mass is 297 g/mol. The quantitative estimate of drug-likeness (QED) is 0.822. The molecule has 6 nitrogen and oxygen atoms in total. The van der Waals surface area contributed by atoms with E-state index in [1.165, 1.54) is 0 Å². The van der Waals surface area contributed by atoms with Gasteiger partial charge >= 0.3 is 12.0 Å². The second-order valence-electron chi connectivity index (χ2n) is 6.87. The third-order valence-electron chi connectivity index (χ3n) is 4.96. The van der Waals surface area contributed by atoms with Gasteiger partial charge in [0.2, 0.25) is 0 Å². The molecule has 2 amide bonds. The van der Waals surface area contributed by atoms with E-state index in [0.717, 1.165) is 38.8 Å². The number of carboxylic acid groups (broad SMARTS) is 1. The molecule has 21 heavy (non-hydrogen) atoms. The molecule has 2 aliphatic rings. The van der Waals surface area contributed by atoms with E-state index in [1.54, 1.807) is 6.92 Å². The van der Waals surface area contributed by atoms with E-state index >= 15 is 0 Å². The van der Waals surface area contributed by atoms with E-state index in [0.29, 0.717) is 6.42 Å². The Morgan fingerprint density at radius 2 is 2.05 bits per heavy atom. The van der Waals surface area contributed by atoms with Crippen molar-refractivity contribution in [3.05, 3.63) is 0 Å². The van der Waals surface area contributed by atoms with Crippen LogP contribution in [-0.2, 0) is 4.79 Å². The van der Waals surface area contributed by atoms with E-state index in [9.17, 15) is 14.7 Å². The summed E-state index contributed by atoms with van der Waals surface area (Å²) in [5.74, 6) is -0.809. The topological polar surface area (TPSA) is 72.9 Å². The van der Waals surface area contributed by atoms with Gasteiger partial charge in [0, 0.05) is 25.2 Å². The molecular formula is C15H27N3O3. The van der Waals surface area contributed by atoms with Crippen LogP contribution < -0.4 is 5.32 Å². The first-order chi connectivity index (χ1) is 9.84. The number of hydrogen-bond acceptors (Lipinski definition) is 3. The van der Waals surface area contributed by atoms with Crippen molar-refractivity contribution >= 4 is 12.0 Å². The summed E-state index contributed by atoms with van der Waals surface area (Å²) < 4.78 is 0. The number of rotatable bonds is 4. The maximum absolute atomic E-state index is 12.5. The number of carboxylic acids is 1. The first-order valence-electron chi connectivity index (χ1n) is 7.80. The minimum absolute atomic E-state index is 0.0984. The fourth-order valence-electron chi connectivity index (χ4n) is 3.60. The molecular weight excluding hydrogens is 270 g/mol. The fraction of sp³-hybridized carbons (Fsp3) is 0.867. The predicted molar refractivity (Wildman–Crippen MR) is 80.2 cm³/mol. The lowest BCUT2D eigenvalue weighted by Crippen LogP contribution is -2.53. The second-order valence-corrected chi connectivity index (χ2v) is 6.87. The van der Waals surface area contributed by atoms with E-state index in [1.807, 2.05) is 19.0 Å². The van der Waals surface area contributed by atoms with Gasteiger partial charge in [-0.1, -0.05) is 6.42 Å². The van der Waals surface area contributed by atoms with Gasteiger partial charge in [-0.25, -0.2) is 4.79 Å². The number of urea groups is 1. The number of amides is 2. The summed E-state index contributed by atoms with van der Waals surface area (Å²) in [5.41, 5.74) is -0.827. The third kappa shape index (κ3) is 3.31. The molecule has 2 rings (SSSR count). The molecule has 0 spiro atoms. The van der Waals surface area contributed by atoms with Gasteiger partial charge in [-0.2, -0.15) is 0 Å². The van der Waals surface area contributed by atoms with Crippen LogP contribution >= 0.6 is 0 Å². The smallest absolute Gasteiger partial charge is 0.317 e. The van der Waals surface area contributed by atoms with Gasteiger partial charge in [0.15, 0.2) is 0 Å². The van der Waals surface area contributed by atoms with E-state index in [2.05, 4.69) is 10.2 Å². The highest BCUT2D eigenvalue weighted by molar-refractivity contribution is 5.79. The third-order valence-corrected chi connectivity index (χ3v) is 4.96. The lowest BCUT2D eigenvalue weighted by molar-refractivity contribution is -0.148. The minimum atomic E-state index is -0.827. The highest BCUT2D eigenvalue weighted by Crippen LogP contribution is 2.38. The number of carbonyl (C=O) groups is 2. The van der Waals surface area contributed by atoms with Crippen LogP contribution in [0.4, 0.5) is 4.79 Å². The van der Waals surface area contributed by atoms with Gasteiger partial charge in [-0.15, -0.1) is 0 Å².